The van der Waals surface area contributed by atoms with Gasteiger partial charge in [0.2, 0.25) is 0 Å². The van der Waals surface area contributed by atoms with Gasteiger partial charge in [-0.1, -0.05) is 12.6 Å². The number of hydrogen-bond acceptors (Lipinski definition) is 5. The SMILES string of the molecule is C=C1NC(=O)NC(c2ccc(OCC)c(OC)c2)C1C(=O)OC1CCCC1. The van der Waals surface area contributed by atoms with E-state index in [1.807, 2.05) is 13.0 Å². The lowest BCUT2D eigenvalue weighted by Gasteiger charge is -2.34. The van der Waals surface area contributed by atoms with Crippen molar-refractivity contribution in [2.75, 3.05) is 13.7 Å². The quantitative estimate of drug-likeness (QED) is 0.748. The molecule has 0 spiro atoms. The van der Waals surface area contributed by atoms with E-state index in [9.17, 15) is 9.59 Å². The van der Waals surface area contributed by atoms with Crippen LogP contribution in [-0.2, 0) is 9.53 Å². The molecule has 2 amide bonds. The fraction of sp³-hybridized carbons (Fsp3) is 0.500. The van der Waals surface area contributed by atoms with Gasteiger partial charge >= 0.3 is 12.0 Å². The molecule has 27 heavy (non-hydrogen) atoms. The normalized spacial score (nSPS) is 22.7. The number of urea groups is 1. The smallest absolute Gasteiger partial charge is 0.319 e. The second-order valence-electron chi connectivity index (χ2n) is 6.77. The van der Waals surface area contributed by atoms with Crippen LogP contribution in [0.1, 0.15) is 44.2 Å². The molecule has 7 nitrogen and oxygen atoms in total. The van der Waals surface area contributed by atoms with Gasteiger partial charge in [-0.3, -0.25) is 4.79 Å². The summed E-state index contributed by atoms with van der Waals surface area (Å²) in [6.07, 6.45) is 3.84. The van der Waals surface area contributed by atoms with E-state index in [4.69, 9.17) is 14.2 Å². The summed E-state index contributed by atoms with van der Waals surface area (Å²) < 4.78 is 16.6. The van der Waals surface area contributed by atoms with Crippen molar-refractivity contribution in [3.63, 3.8) is 0 Å². The highest BCUT2D eigenvalue weighted by Crippen LogP contribution is 2.36. The summed E-state index contributed by atoms with van der Waals surface area (Å²) in [6.45, 7) is 6.27. The Morgan fingerprint density at radius 2 is 2.00 bits per heavy atom. The van der Waals surface area contributed by atoms with E-state index in [0.29, 0.717) is 23.8 Å². The van der Waals surface area contributed by atoms with E-state index < -0.39 is 18.0 Å². The maximum absolute atomic E-state index is 12.8. The minimum absolute atomic E-state index is 0.0570. The Labute approximate surface area is 159 Å². The van der Waals surface area contributed by atoms with Gasteiger partial charge < -0.3 is 24.8 Å². The summed E-state index contributed by atoms with van der Waals surface area (Å²) in [5.74, 6) is 0.0479. The molecule has 2 unspecified atom stereocenters. The maximum atomic E-state index is 12.8. The molecular formula is C20H26N2O5. The van der Waals surface area contributed by atoms with Crippen molar-refractivity contribution in [3.8, 4) is 11.5 Å². The molecule has 2 atom stereocenters. The summed E-state index contributed by atoms with van der Waals surface area (Å²) in [6, 6.07) is 4.36. The topological polar surface area (TPSA) is 85.9 Å². The number of carbonyl (C=O) groups excluding carboxylic acids is 2. The minimum atomic E-state index is -0.717. The van der Waals surface area contributed by atoms with Crippen LogP contribution in [0, 0.1) is 5.92 Å². The number of esters is 1. The van der Waals surface area contributed by atoms with Gasteiger partial charge in [0, 0.05) is 5.70 Å². The Bertz CT molecular complexity index is 727. The molecule has 2 N–H and O–H groups in total. The third-order valence-corrected chi connectivity index (χ3v) is 4.96. The Morgan fingerprint density at radius 1 is 1.26 bits per heavy atom. The van der Waals surface area contributed by atoms with Gasteiger partial charge in [-0.25, -0.2) is 4.79 Å². The Kier molecular flexibility index (Phi) is 5.88. The number of benzene rings is 1. The average molecular weight is 374 g/mol. The number of ether oxygens (including phenoxy) is 3. The van der Waals surface area contributed by atoms with Gasteiger partial charge in [-0.05, 0) is 50.3 Å². The monoisotopic (exact) mass is 374 g/mol. The van der Waals surface area contributed by atoms with E-state index in [2.05, 4.69) is 17.2 Å². The van der Waals surface area contributed by atoms with Crippen molar-refractivity contribution >= 4 is 12.0 Å². The van der Waals surface area contributed by atoms with Crippen molar-refractivity contribution in [1.29, 1.82) is 0 Å². The third-order valence-electron chi connectivity index (χ3n) is 4.96. The fourth-order valence-electron chi connectivity index (χ4n) is 3.64. The lowest BCUT2D eigenvalue weighted by molar-refractivity contribution is -0.153. The molecule has 2 aliphatic rings. The highest BCUT2D eigenvalue weighted by molar-refractivity contribution is 5.85. The summed E-state index contributed by atoms with van der Waals surface area (Å²) in [5, 5.41) is 5.41. The molecule has 3 rings (SSSR count). The van der Waals surface area contributed by atoms with Gasteiger partial charge in [0.05, 0.1) is 19.8 Å². The van der Waals surface area contributed by atoms with E-state index >= 15 is 0 Å². The first-order chi connectivity index (χ1) is 13.0. The molecule has 1 aromatic rings. The van der Waals surface area contributed by atoms with E-state index in [0.717, 1.165) is 31.2 Å². The van der Waals surface area contributed by atoms with Gasteiger partial charge in [-0.2, -0.15) is 0 Å². The van der Waals surface area contributed by atoms with Gasteiger partial charge in [0.15, 0.2) is 11.5 Å². The third kappa shape index (κ3) is 4.18. The van der Waals surface area contributed by atoms with Crippen LogP contribution < -0.4 is 20.1 Å². The predicted octanol–water partition coefficient (Wildman–Crippen LogP) is 3.06. The molecule has 0 radical (unpaired) electrons. The van der Waals surface area contributed by atoms with E-state index in [1.54, 1.807) is 19.2 Å². The molecule has 1 aliphatic heterocycles. The lowest BCUT2D eigenvalue weighted by Crippen LogP contribution is -2.51. The van der Waals surface area contributed by atoms with E-state index in [-0.39, 0.29) is 12.1 Å². The van der Waals surface area contributed by atoms with Crippen molar-refractivity contribution in [2.24, 2.45) is 5.92 Å². The highest BCUT2D eigenvalue weighted by atomic mass is 16.5. The predicted molar refractivity (Wildman–Crippen MR) is 99.5 cm³/mol. The zero-order valence-electron chi connectivity index (χ0n) is 15.7. The Hall–Kier alpha value is -2.70. The van der Waals surface area contributed by atoms with Crippen molar-refractivity contribution in [2.45, 2.75) is 44.8 Å². The van der Waals surface area contributed by atoms with Crippen molar-refractivity contribution in [1.82, 2.24) is 10.6 Å². The zero-order chi connectivity index (χ0) is 19.4. The number of carbonyl (C=O) groups is 2. The fourth-order valence-corrected chi connectivity index (χ4v) is 3.64. The van der Waals surface area contributed by atoms with Crippen LogP contribution in [-0.4, -0.2) is 31.8 Å². The molecule has 146 valence electrons. The van der Waals surface area contributed by atoms with Crippen LogP contribution in [0.5, 0.6) is 11.5 Å². The maximum Gasteiger partial charge on any atom is 0.319 e. The summed E-state index contributed by atoms with van der Waals surface area (Å²) in [7, 11) is 1.55. The van der Waals surface area contributed by atoms with Crippen LogP contribution in [0.15, 0.2) is 30.5 Å². The number of amides is 2. The second kappa shape index (κ2) is 8.33. The molecular weight excluding hydrogens is 348 g/mol. The summed E-state index contributed by atoms with van der Waals surface area (Å²) in [5.41, 5.74) is 1.05. The van der Waals surface area contributed by atoms with Crippen molar-refractivity contribution in [3.05, 3.63) is 36.0 Å². The second-order valence-corrected chi connectivity index (χ2v) is 6.77. The first-order valence-corrected chi connectivity index (χ1v) is 9.31. The Balaban J connectivity index is 1.88. The summed E-state index contributed by atoms with van der Waals surface area (Å²) >= 11 is 0. The molecule has 1 aliphatic carbocycles. The molecule has 1 aromatic carbocycles. The molecule has 1 saturated heterocycles. The molecule has 7 heteroatoms. The first kappa shape index (κ1) is 19.1. The molecule has 1 heterocycles. The van der Waals surface area contributed by atoms with Gasteiger partial charge in [0.25, 0.3) is 0 Å². The lowest BCUT2D eigenvalue weighted by atomic mass is 9.89. The number of methoxy groups -OCH3 is 1. The highest BCUT2D eigenvalue weighted by Gasteiger charge is 2.40. The van der Waals surface area contributed by atoms with Gasteiger partial charge in [0.1, 0.15) is 12.0 Å². The van der Waals surface area contributed by atoms with Gasteiger partial charge in [-0.15, -0.1) is 0 Å². The largest absolute Gasteiger partial charge is 0.493 e. The number of nitrogens with one attached hydrogen (secondary N) is 2. The molecule has 0 aromatic heterocycles. The molecule has 1 saturated carbocycles. The number of hydrogen-bond donors (Lipinski definition) is 2. The van der Waals surface area contributed by atoms with Crippen LogP contribution in [0.25, 0.3) is 0 Å². The Morgan fingerprint density at radius 3 is 2.67 bits per heavy atom. The van der Waals surface area contributed by atoms with Crippen LogP contribution in [0.4, 0.5) is 4.79 Å². The number of rotatable bonds is 6. The van der Waals surface area contributed by atoms with Crippen LogP contribution >= 0.6 is 0 Å². The van der Waals surface area contributed by atoms with Crippen LogP contribution in [0.3, 0.4) is 0 Å². The van der Waals surface area contributed by atoms with Crippen LogP contribution in [0.2, 0.25) is 0 Å². The zero-order valence-corrected chi connectivity index (χ0v) is 15.7. The molecule has 0 bridgehead atoms. The minimum Gasteiger partial charge on any atom is -0.493 e. The first-order valence-electron chi connectivity index (χ1n) is 9.31. The van der Waals surface area contributed by atoms with Crippen molar-refractivity contribution < 1.29 is 23.8 Å². The standard InChI is InChI=1S/C20H26N2O5/c1-4-26-15-10-9-13(11-16(15)25-3)18-17(12(2)21-20(24)22-18)19(23)27-14-7-5-6-8-14/h9-11,14,17-18H,2,4-8H2,1,3H3,(H2,21,22,24). The van der Waals surface area contributed by atoms with E-state index in [1.165, 1.54) is 0 Å². The average Bonchev–Trinajstić information content (AvgIpc) is 3.14. The summed E-state index contributed by atoms with van der Waals surface area (Å²) in [4.78, 5) is 24.9. The molecule has 2 fully saturated rings.